The molecule has 0 aliphatic rings. The normalized spacial score (nSPS) is 13.8. The van der Waals surface area contributed by atoms with Crippen LogP contribution in [0.25, 0.3) is 0 Å². The van der Waals surface area contributed by atoms with Gasteiger partial charge in [0, 0.05) is 6.54 Å². The van der Waals surface area contributed by atoms with Gasteiger partial charge in [-0.1, -0.05) is 6.07 Å². The van der Waals surface area contributed by atoms with Gasteiger partial charge in [0.25, 0.3) is 0 Å². The van der Waals surface area contributed by atoms with E-state index in [9.17, 15) is 19.4 Å². The number of nitrogens with one attached hydrogen (secondary N) is 1. The van der Waals surface area contributed by atoms with Crippen LogP contribution in [0.15, 0.2) is 18.2 Å². The van der Waals surface area contributed by atoms with E-state index < -0.39 is 29.7 Å². The number of ether oxygens (including phenoxy) is 1. The largest absolute Gasteiger partial charge is 0.444 e. The smallest absolute Gasteiger partial charge is 0.407 e. The van der Waals surface area contributed by atoms with Gasteiger partial charge >= 0.3 is 6.09 Å². The number of alkyl carbamates (subject to hydrolysis) is 1. The second-order valence-electron chi connectivity index (χ2n) is 6.08. The fourth-order valence-corrected chi connectivity index (χ4v) is 1.82. The second-order valence-corrected chi connectivity index (χ2v) is 6.08. The molecule has 0 saturated carbocycles. The first kappa shape index (κ1) is 18.9. The van der Waals surface area contributed by atoms with Crippen molar-refractivity contribution in [2.75, 3.05) is 6.54 Å². The lowest BCUT2D eigenvalue weighted by Crippen LogP contribution is -2.34. The van der Waals surface area contributed by atoms with E-state index in [0.29, 0.717) is 0 Å². The molecule has 7 heteroatoms. The topological polar surface area (TPSA) is 103 Å². The van der Waals surface area contributed by atoms with Gasteiger partial charge in [0.1, 0.15) is 23.6 Å². The molecule has 0 aromatic heterocycles. The van der Waals surface area contributed by atoms with Crippen molar-refractivity contribution in [2.24, 2.45) is 0 Å². The molecule has 1 amide bonds. The quantitative estimate of drug-likeness (QED) is 0.769. The summed E-state index contributed by atoms with van der Waals surface area (Å²) >= 11 is 0. The molecule has 0 fully saturated rings. The van der Waals surface area contributed by atoms with Gasteiger partial charge in [-0.2, -0.15) is 5.26 Å². The van der Waals surface area contributed by atoms with Gasteiger partial charge in [0.15, 0.2) is 0 Å². The summed E-state index contributed by atoms with van der Waals surface area (Å²) in [6.45, 7) is 5.27. The minimum atomic E-state index is -1.32. The Labute approximate surface area is 134 Å². The molecule has 0 radical (unpaired) electrons. The molecule has 2 atom stereocenters. The first-order valence-electron chi connectivity index (χ1n) is 7.16. The van der Waals surface area contributed by atoms with Crippen molar-refractivity contribution in [3.8, 4) is 6.07 Å². The van der Waals surface area contributed by atoms with E-state index in [2.05, 4.69) is 5.32 Å². The highest BCUT2D eigenvalue weighted by atomic mass is 19.1. The van der Waals surface area contributed by atoms with Crippen LogP contribution in [0, 0.1) is 17.1 Å². The Morgan fingerprint density at radius 2 is 2.09 bits per heavy atom. The lowest BCUT2D eigenvalue weighted by molar-refractivity contribution is 0.0121. The number of carbonyl (C=O) groups is 1. The molecule has 6 nitrogen and oxygen atoms in total. The van der Waals surface area contributed by atoms with Crippen LogP contribution >= 0.6 is 0 Å². The molecule has 0 bridgehead atoms. The number of amides is 1. The van der Waals surface area contributed by atoms with Crippen LogP contribution in [0.2, 0.25) is 0 Å². The number of nitrogens with zero attached hydrogens (tertiary/aromatic N) is 1. The number of rotatable bonds is 5. The third-order valence-corrected chi connectivity index (χ3v) is 2.93. The first-order valence-corrected chi connectivity index (χ1v) is 7.16. The maximum Gasteiger partial charge on any atom is 0.407 e. The third kappa shape index (κ3) is 6.22. The summed E-state index contributed by atoms with van der Waals surface area (Å²) in [6.07, 6.45) is -3.08. The van der Waals surface area contributed by atoms with Gasteiger partial charge in [0.2, 0.25) is 0 Å². The van der Waals surface area contributed by atoms with Crippen molar-refractivity contribution >= 4 is 6.09 Å². The lowest BCUT2D eigenvalue weighted by atomic mass is 10.0. The summed E-state index contributed by atoms with van der Waals surface area (Å²) in [7, 11) is 0. The summed E-state index contributed by atoms with van der Waals surface area (Å²) in [4.78, 5) is 11.4. The Morgan fingerprint density at radius 1 is 1.43 bits per heavy atom. The average Bonchev–Trinajstić information content (AvgIpc) is 2.44. The Balaban J connectivity index is 2.51. The van der Waals surface area contributed by atoms with E-state index in [1.807, 2.05) is 0 Å². The van der Waals surface area contributed by atoms with Crippen molar-refractivity contribution in [1.29, 1.82) is 5.26 Å². The fraction of sp³-hybridized carbons (Fsp3) is 0.500. The Bertz CT molecular complexity index is 593. The van der Waals surface area contributed by atoms with E-state index in [1.165, 1.54) is 12.1 Å². The minimum absolute atomic E-state index is 0.0576. The molecule has 2 unspecified atom stereocenters. The highest BCUT2D eigenvalue weighted by Crippen LogP contribution is 2.21. The van der Waals surface area contributed by atoms with E-state index in [-0.39, 0.29) is 24.1 Å². The molecular weight excluding hydrogens is 303 g/mol. The van der Waals surface area contributed by atoms with E-state index in [1.54, 1.807) is 26.8 Å². The second kappa shape index (κ2) is 7.90. The van der Waals surface area contributed by atoms with Gasteiger partial charge in [-0.25, -0.2) is 9.18 Å². The molecular formula is C16H21FN2O4. The van der Waals surface area contributed by atoms with Crippen LogP contribution in [-0.4, -0.2) is 34.6 Å². The Kier molecular flexibility index (Phi) is 6.49. The van der Waals surface area contributed by atoms with Gasteiger partial charge in [0.05, 0.1) is 11.7 Å². The maximum atomic E-state index is 13.5. The van der Waals surface area contributed by atoms with Crippen LogP contribution in [-0.2, 0) is 4.74 Å². The standard InChI is InChI=1S/C16H21FN2O4/c1-16(2,3)23-15(22)19-7-6-13(20)14(21)10-4-5-11(9-18)12(17)8-10/h4-5,8,13-14,20-21H,6-7H2,1-3H3,(H,19,22). The van der Waals surface area contributed by atoms with Crippen molar-refractivity contribution in [2.45, 2.75) is 45.0 Å². The molecule has 1 aromatic rings. The Morgan fingerprint density at radius 3 is 2.61 bits per heavy atom. The molecule has 0 aliphatic carbocycles. The molecule has 23 heavy (non-hydrogen) atoms. The highest BCUT2D eigenvalue weighted by Gasteiger charge is 2.21. The summed E-state index contributed by atoms with van der Waals surface area (Å²) in [6, 6.07) is 5.29. The summed E-state index contributed by atoms with van der Waals surface area (Å²) in [5.74, 6) is -0.761. The Hall–Kier alpha value is -2.17. The molecule has 0 aliphatic heterocycles. The molecule has 0 saturated heterocycles. The molecule has 0 spiro atoms. The maximum absolute atomic E-state index is 13.5. The number of aliphatic hydroxyl groups is 2. The number of hydrogen-bond donors (Lipinski definition) is 3. The van der Waals surface area contributed by atoms with E-state index >= 15 is 0 Å². The third-order valence-electron chi connectivity index (χ3n) is 2.93. The zero-order valence-electron chi connectivity index (χ0n) is 13.3. The van der Waals surface area contributed by atoms with E-state index in [4.69, 9.17) is 10.00 Å². The van der Waals surface area contributed by atoms with Crippen LogP contribution in [0.1, 0.15) is 44.4 Å². The van der Waals surface area contributed by atoms with Crippen LogP contribution in [0.5, 0.6) is 0 Å². The first-order chi connectivity index (χ1) is 10.6. The molecule has 126 valence electrons. The number of halogens is 1. The van der Waals surface area contributed by atoms with Gasteiger partial charge in [-0.15, -0.1) is 0 Å². The lowest BCUT2D eigenvalue weighted by Gasteiger charge is -2.21. The number of hydrogen-bond acceptors (Lipinski definition) is 5. The average molecular weight is 324 g/mol. The number of carbonyl (C=O) groups excluding carboxylic acids is 1. The number of nitriles is 1. The number of aliphatic hydroxyl groups excluding tert-OH is 2. The molecule has 1 aromatic carbocycles. The van der Waals surface area contributed by atoms with Crippen LogP contribution in [0.4, 0.5) is 9.18 Å². The van der Waals surface area contributed by atoms with Gasteiger partial charge in [-0.3, -0.25) is 0 Å². The fourth-order valence-electron chi connectivity index (χ4n) is 1.82. The number of benzene rings is 1. The van der Waals surface area contributed by atoms with Crippen molar-refractivity contribution in [3.63, 3.8) is 0 Å². The predicted octanol–water partition coefficient (Wildman–Crippen LogP) is 2.01. The molecule has 0 heterocycles. The monoisotopic (exact) mass is 324 g/mol. The van der Waals surface area contributed by atoms with Gasteiger partial charge < -0.3 is 20.3 Å². The zero-order valence-corrected chi connectivity index (χ0v) is 13.3. The van der Waals surface area contributed by atoms with Crippen molar-refractivity contribution in [3.05, 3.63) is 35.1 Å². The zero-order chi connectivity index (χ0) is 17.6. The van der Waals surface area contributed by atoms with E-state index in [0.717, 1.165) is 6.07 Å². The predicted molar refractivity (Wildman–Crippen MR) is 80.9 cm³/mol. The van der Waals surface area contributed by atoms with Crippen LogP contribution < -0.4 is 5.32 Å². The summed E-state index contributed by atoms with van der Waals surface area (Å²) in [5, 5.41) is 31.0. The van der Waals surface area contributed by atoms with Gasteiger partial charge in [-0.05, 0) is 44.9 Å². The minimum Gasteiger partial charge on any atom is -0.444 e. The molecule has 3 N–H and O–H groups in total. The highest BCUT2D eigenvalue weighted by molar-refractivity contribution is 5.67. The van der Waals surface area contributed by atoms with Crippen molar-refractivity contribution < 1.29 is 24.1 Å². The van der Waals surface area contributed by atoms with Crippen LogP contribution in [0.3, 0.4) is 0 Å². The summed E-state index contributed by atoms with van der Waals surface area (Å²) < 4.78 is 18.5. The summed E-state index contributed by atoms with van der Waals surface area (Å²) in [5.41, 5.74) is -0.601. The SMILES string of the molecule is CC(C)(C)OC(=O)NCCC(O)C(O)c1ccc(C#N)c(F)c1. The van der Waals surface area contributed by atoms with Crippen molar-refractivity contribution in [1.82, 2.24) is 5.32 Å². The molecule has 1 rings (SSSR count).